The molecule has 1 amide bonds. The van der Waals surface area contributed by atoms with Crippen molar-refractivity contribution in [2.75, 3.05) is 12.4 Å². The summed E-state index contributed by atoms with van der Waals surface area (Å²) in [6.07, 6.45) is 7.61. The summed E-state index contributed by atoms with van der Waals surface area (Å²) in [5.74, 6) is 0.990. The summed E-state index contributed by atoms with van der Waals surface area (Å²) in [7, 11) is 1.56. The molecule has 7 heteroatoms. The van der Waals surface area contributed by atoms with Crippen LogP contribution in [0.3, 0.4) is 0 Å². The van der Waals surface area contributed by atoms with Crippen molar-refractivity contribution in [3.8, 4) is 5.19 Å². The van der Waals surface area contributed by atoms with Crippen LogP contribution in [0.15, 0.2) is 12.3 Å². The minimum Gasteiger partial charge on any atom is -0.473 e. The summed E-state index contributed by atoms with van der Waals surface area (Å²) < 4.78 is 5.01. The second kappa shape index (κ2) is 6.26. The molecule has 1 radical (unpaired) electrons. The highest BCUT2D eigenvalue weighted by molar-refractivity contribution is 7.13. The number of ether oxygens (including phenoxy) is 1. The van der Waals surface area contributed by atoms with Gasteiger partial charge in [0.05, 0.1) is 13.5 Å². The second-order valence-electron chi connectivity index (χ2n) is 5.03. The van der Waals surface area contributed by atoms with Crippen LogP contribution in [0.1, 0.15) is 35.8 Å². The number of amides is 1. The standard InChI is InChI=1S/C14H17N4O2S/c1-20-14-15-8-10(21-14)6-13(19)16-12-7-11(17-18-12)9-4-2-3-5-9/h2,7-9H,3-6H2,1H3,(H2,16,17,18,19)/t9-/m0/s1. The molecule has 0 aliphatic heterocycles. The average Bonchev–Trinajstić information content (AvgIpc) is 3.19. The number of H-pyrrole nitrogens is 1. The number of nitrogens with one attached hydrogen (secondary N) is 2. The molecule has 0 spiro atoms. The quantitative estimate of drug-likeness (QED) is 0.889. The van der Waals surface area contributed by atoms with Gasteiger partial charge in [-0.25, -0.2) is 4.98 Å². The smallest absolute Gasteiger partial charge is 0.273 e. The van der Waals surface area contributed by atoms with Gasteiger partial charge >= 0.3 is 0 Å². The number of carbonyl (C=O) groups is 1. The molecule has 1 fully saturated rings. The summed E-state index contributed by atoms with van der Waals surface area (Å²) in [6.45, 7) is 0. The summed E-state index contributed by atoms with van der Waals surface area (Å²) in [4.78, 5) is 16.9. The molecule has 1 saturated carbocycles. The van der Waals surface area contributed by atoms with Gasteiger partial charge in [-0.3, -0.25) is 9.89 Å². The van der Waals surface area contributed by atoms with E-state index in [1.807, 2.05) is 6.07 Å². The molecule has 0 bridgehead atoms. The molecule has 1 aliphatic rings. The Morgan fingerprint density at radius 2 is 2.52 bits per heavy atom. The highest BCUT2D eigenvalue weighted by Crippen LogP contribution is 2.33. The Kier molecular flexibility index (Phi) is 4.19. The van der Waals surface area contributed by atoms with E-state index in [2.05, 4.69) is 26.9 Å². The van der Waals surface area contributed by atoms with E-state index < -0.39 is 0 Å². The normalized spacial score (nSPS) is 15.3. The van der Waals surface area contributed by atoms with Gasteiger partial charge in [-0.05, 0) is 25.7 Å². The third-order valence-electron chi connectivity index (χ3n) is 3.52. The molecular formula is C14H17N4O2S. The van der Waals surface area contributed by atoms with Gasteiger partial charge in [-0.1, -0.05) is 11.3 Å². The lowest BCUT2D eigenvalue weighted by Crippen LogP contribution is -2.13. The zero-order valence-corrected chi connectivity index (χ0v) is 12.6. The van der Waals surface area contributed by atoms with Gasteiger partial charge in [0.15, 0.2) is 5.82 Å². The number of aromatic amines is 1. The van der Waals surface area contributed by atoms with Crippen molar-refractivity contribution in [1.82, 2.24) is 15.2 Å². The number of anilines is 1. The van der Waals surface area contributed by atoms with Gasteiger partial charge in [0.1, 0.15) is 0 Å². The summed E-state index contributed by atoms with van der Waals surface area (Å²) >= 11 is 1.37. The molecule has 2 aromatic heterocycles. The predicted molar refractivity (Wildman–Crippen MR) is 80.5 cm³/mol. The first kappa shape index (κ1) is 14.1. The maximum atomic E-state index is 12.0. The Balaban J connectivity index is 1.57. The lowest BCUT2D eigenvalue weighted by molar-refractivity contribution is -0.115. The van der Waals surface area contributed by atoms with Crippen LogP contribution < -0.4 is 10.1 Å². The predicted octanol–water partition coefficient (Wildman–Crippen LogP) is 2.53. The Morgan fingerprint density at radius 3 is 3.24 bits per heavy atom. The number of carbonyl (C=O) groups excluding carboxylic acids is 1. The molecule has 0 saturated heterocycles. The number of methoxy groups -OCH3 is 1. The number of rotatable bonds is 5. The first-order valence-electron chi connectivity index (χ1n) is 6.90. The zero-order valence-electron chi connectivity index (χ0n) is 11.8. The fourth-order valence-electron chi connectivity index (χ4n) is 2.46. The van der Waals surface area contributed by atoms with Gasteiger partial charge in [-0.2, -0.15) is 5.10 Å². The van der Waals surface area contributed by atoms with Crippen LogP contribution in [-0.2, 0) is 11.2 Å². The third-order valence-corrected chi connectivity index (χ3v) is 4.48. The highest BCUT2D eigenvalue weighted by Gasteiger charge is 2.19. The molecule has 2 N–H and O–H groups in total. The van der Waals surface area contributed by atoms with E-state index in [0.29, 0.717) is 16.9 Å². The minimum atomic E-state index is -0.0997. The lowest BCUT2D eigenvalue weighted by atomic mass is 10.0. The van der Waals surface area contributed by atoms with Crippen LogP contribution in [0.5, 0.6) is 5.19 Å². The SMILES string of the molecule is COc1ncc(CC(=O)Nc2cc([C@H]3C[CH]CC3)[nH]n2)s1. The van der Waals surface area contributed by atoms with E-state index in [1.54, 1.807) is 13.3 Å². The van der Waals surface area contributed by atoms with E-state index >= 15 is 0 Å². The molecule has 2 aromatic rings. The number of aromatic nitrogens is 3. The molecule has 2 heterocycles. The number of thiazole rings is 1. The molecule has 111 valence electrons. The number of nitrogens with zero attached hydrogens (tertiary/aromatic N) is 2. The number of hydrogen-bond acceptors (Lipinski definition) is 5. The Morgan fingerprint density at radius 1 is 1.62 bits per heavy atom. The third kappa shape index (κ3) is 3.41. The molecule has 1 aliphatic carbocycles. The Hall–Kier alpha value is -1.89. The molecule has 1 atom stereocenters. The summed E-state index contributed by atoms with van der Waals surface area (Å²) in [5.41, 5.74) is 1.10. The molecule has 6 nitrogen and oxygen atoms in total. The van der Waals surface area contributed by atoms with Gasteiger partial charge in [0.2, 0.25) is 5.91 Å². The number of hydrogen-bond donors (Lipinski definition) is 2. The lowest BCUT2D eigenvalue weighted by Gasteiger charge is -2.03. The first-order valence-corrected chi connectivity index (χ1v) is 7.72. The van der Waals surface area contributed by atoms with Gasteiger partial charge in [0.25, 0.3) is 5.19 Å². The van der Waals surface area contributed by atoms with Crippen LogP contribution in [0.25, 0.3) is 0 Å². The maximum absolute atomic E-state index is 12.0. The maximum Gasteiger partial charge on any atom is 0.273 e. The zero-order chi connectivity index (χ0) is 14.7. The van der Waals surface area contributed by atoms with Crippen molar-refractivity contribution < 1.29 is 9.53 Å². The average molecular weight is 305 g/mol. The van der Waals surface area contributed by atoms with Crippen LogP contribution in [0.4, 0.5) is 5.82 Å². The fraction of sp³-hybridized carbons (Fsp3) is 0.429. The molecular weight excluding hydrogens is 288 g/mol. The van der Waals surface area contributed by atoms with Crippen molar-refractivity contribution in [2.45, 2.75) is 31.6 Å². The van der Waals surface area contributed by atoms with E-state index in [-0.39, 0.29) is 12.3 Å². The van der Waals surface area contributed by atoms with Crippen molar-refractivity contribution in [3.05, 3.63) is 29.3 Å². The Labute approximate surface area is 126 Å². The van der Waals surface area contributed by atoms with Crippen LogP contribution in [0, 0.1) is 6.42 Å². The Bertz CT molecular complexity index is 616. The van der Waals surface area contributed by atoms with Crippen molar-refractivity contribution >= 4 is 23.1 Å². The molecule has 3 rings (SSSR count). The monoisotopic (exact) mass is 305 g/mol. The van der Waals surface area contributed by atoms with Crippen molar-refractivity contribution in [2.24, 2.45) is 0 Å². The van der Waals surface area contributed by atoms with Crippen LogP contribution in [-0.4, -0.2) is 28.2 Å². The van der Waals surface area contributed by atoms with Crippen LogP contribution >= 0.6 is 11.3 Å². The summed E-state index contributed by atoms with van der Waals surface area (Å²) in [6, 6.07) is 1.93. The minimum absolute atomic E-state index is 0.0997. The van der Waals surface area contributed by atoms with E-state index in [1.165, 1.54) is 11.3 Å². The van der Waals surface area contributed by atoms with E-state index in [0.717, 1.165) is 29.8 Å². The van der Waals surface area contributed by atoms with Gasteiger partial charge < -0.3 is 10.1 Å². The molecule has 0 unspecified atom stereocenters. The molecule has 0 aromatic carbocycles. The largest absolute Gasteiger partial charge is 0.473 e. The van der Waals surface area contributed by atoms with E-state index in [9.17, 15) is 4.79 Å². The topological polar surface area (TPSA) is 79.9 Å². The summed E-state index contributed by atoms with van der Waals surface area (Å²) in [5, 5.41) is 10.5. The van der Waals surface area contributed by atoms with Gasteiger partial charge in [-0.15, -0.1) is 0 Å². The van der Waals surface area contributed by atoms with Crippen molar-refractivity contribution in [3.63, 3.8) is 0 Å². The fourth-order valence-corrected chi connectivity index (χ4v) is 3.18. The second-order valence-corrected chi connectivity index (χ2v) is 6.11. The van der Waals surface area contributed by atoms with Gasteiger partial charge in [0, 0.05) is 28.8 Å². The highest BCUT2D eigenvalue weighted by atomic mass is 32.1. The van der Waals surface area contributed by atoms with Crippen molar-refractivity contribution in [1.29, 1.82) is 0 Å². The molecule has 21 heavy (non-hydrogen) atoms. The van der Waals surface area contributed by atoms with E-state index in [4.69, 9.17) is 4.74 Å². The first-order chi connectivity index (χ1) is 10.2. The van der Waals surface area contributed by atoms with Crippen LogP contribution in [0.2, 0.25) is 0 Å².